The summed E-state index contributed by atoms with van der Waals surface area (Å²) < 4.78 is 0. The molecule has 128 valence electrons. The summed E-state index contributed by atoms with van der Waals surface area (Å²) in [5.74, 6) is 0.590. The van der Waals surface area contributed by atoms with Gasteiger partial charge in [-0.15, -0.1) is 0 Å². The van der Waals surface area contributed by atoms with E-state index in [0.29, 0.717) is 19.5 Å². The molecule has 0 spiro atoms. The number of rotatable bonds is 3. The molecule has 0 radical (unpaired) electrons. The van der Waals surface area contributed by atoms with Crippen molar-refractivity contribution in [3.05, 3.63) is 64.5 Å². The Morgan fingerprint density at radius 3 is 2.76 bits per heavy atom. The number of hydrogen-bond donors (Lipinski definition) is 2. The van der Waals surface area contributed by atoms with E-state index in [1.165, 1.54) is 22.3 Å². The minimum atomic E-state index is -0.300. The number of aromatic nitrogens is 2. The van der Waals surface area contributed by atoms with Crippen LogP contribution < -0.4 is 5.73 Å². The van der Waals surface area contributed by atoms with Crippen LogP contribution in [0.4, 0.5) is 0 Å². The second kappa shape index (κ2) is 6.01. The van der Waals surface area contributed by atoms with E-state index in [4.69, 9.17) is 10.7 Å². The van der Waals surface area contributed by atoms with Crippen molar-refractivity contribution in [3.63, 3.8) is 0 Å². The van der Waals surface area contributed by atoms with Crippen molar-refractivity contribution in [2.75, 3.05) is 0 Å². The van der Waals surface area contributed by atoms with Crippen molar-refractivity contribution in [2.45, 2.75) is 39.4 Å². The first-order chi connectivity index (χ1) is 12.0. The zero-order valence-corrected chi connectivity index (χ0v) is 14.5. The summed E-state index contributed by atoms with van der Waals surface area (Å²) >= 11 is 0. The number of nitrogens with zero attached hydrogens (tertiary/aromatic N) is 2. The lowest BCUT2D eigenvalue weighted by Gasteiger charge is -2.34. The van der Waals surface area contributed by atoms with Gasteiger partial charge in [0.2, 0.25) is 5.91 Å². The first kappa shape index (κ1) is 15.8. The molecular formula is C20H22N4O. The van der Waals surface area contributed by atoms with Crippen LogP contribution in [-0.4, -0.2) is 26.8 Å². The fourth-order valence-electron chi connectivity index (χ4n) is 3.66. The molecule has 1 atom stereocenters. The lowest BCUT2D eigenvalue weighted by molar-refractivity contribution is -0.124. The Morgan fingerprint density at radius 1 is 1.24 bits per heavy atom. The van der Waals surface area contributed by atoms with Crippen LogP contribution in [0.15, 0.2) is 36.4 Å². The summed E-state index contributed by atoms with van der Waals surface area (Å²) in [4.78, 5) is 22.3. The topological polar surface area (TPSA) is 75.0 Å². The molecule has 0 aliphatic carbocycles. The number of aromatic amines is 1. The maximum Gasteiger partial charge on any atom is 0.235 e. The van der Waals surface area contributed by atoms with Gasteiger partial charge >= 0.3 is 0 Å². The van der Waals surface area contributed by atoms with E-state index < -0.39 is 0 Å². The largest absolute Gasteiger partial charge is 0.368 e. The third-order valence-corrected chi connectivity index (χ3v) is 5.25. The van der Waals surface area contributed by atoms with E-state index in [9.17, 15) is 4.79 Å². The normalized spacial score (nSPS) is 17.6. The van der Waals surface area contributed by atoms with Gasteiger partial charge in [0.15, 0.2) is 0 Å². The molecular weight excluding hydrogens is 312 g/mol. The van der Waals surface area contributed by atoms with Crippen LogP contribution in [0.5, 0.6) is 0 Å². The Bertz CT molecular complexity index is 959. The first-order valence-corrected chi connectivity index (χ1v) is 8.58. The predicted molar refractivity (Wildman–Crippen MR) is 97.9 cm³/mol. The number of imidazole rings is 1. The summed E-state index contributed by atoms with van der Waals surface area (Å²) in [6.45, 7) is 5.47. The minimum absolute atomic E-state index is 0.280. The number of nitrogens with two attached hydrogens (primary N) is 1. The van der Waals surface area contributed by atoms with Crippen LogP contribution >= 0.6 is 0 Å². The smallest absolute Gasteiger partial charge is 0.235 e. The number of amides is 1. The van der Waals surface area contributed by atoms with Crippen molar-refractivity contribution >= 4 is 16.9 Å². The Kier molecular flexibility index (Phi) is 3.81. The molecule has 4 rings (SSSR count). The van der Waals surface area contributed by atoms with Crippen LogP contribution in [0.3, 0.4) is 0 Å². The van der Waals surface area contributed by atoms with Gasteiger partial charge in [0.05, 0.1) is 23.6 Å². The number of nitrogens with one attached hydrogen (secondary N) is 1. The first-order valence-electron chi connectivity index (χ1n) is 8.58. The molecule has 0 bridgehead atoms. The second-order valence-corrected chi connectivity index (χ2v) is 6.88. The fourth-order valence-corrected chi connectivity index (χ4v) is 3.66. The summed E-state index contributed by atoms with van der Waals surface area (Å²) in [6.07, 6.45) is 0.657. The third-order valence-electron chi connectivity index (χ3n) is 5.25. The molecule has 1 aliphatic heterocycles. The fraction of sp³-hybridized carbons (Fsp3) is 0.300. The average Bonchev–Trinajstić information content (AvgIpc) is 3.01. The number of hydrogen-bond acceptors (Lipinski definition) is 3. The van der Waals surface area contributed by atoms with Gasteiger partial charge in [-0.05, 0) is 48.6 Å². The quantitative estimate of drug-likeness (QED) is 0.773. The number of benzene rings is 2. The zero-order valence-electron chi connectivity index (χ0n) is 14.5. The lowest BCUT2D eigenvalue weighted by Crippen LogP contribution is -2.48. The van der Waals surface area contributed by atoms with E-state index in [0.717, 1.165) is 16.9 Å². The number of fused-ring (bicyclic) bond motifs is 2. The highest BCUT2D eigenvalue weighted by atomic mass is 16.1. The van der Waals surface area contributed by atoms with Crippen LogP contribution in [0.2, 0.25) is 0 Å². The molecule has 2 aromatic carbocycles. The molecule has 0 unspecified atom stereocenters. The molecule has 0 saturated carbocycles. The van der Waals surface area contributed by atoms with Crippen molar-refractivity contribution in [2.24, 2.45) is 5.73 Å². The second-order valence-electron chi connectivity index (χ2n) is 6.88. The molecule has 5 nitrogen and oxygen atoms in total. The Hall–Kier alpha value is -2.66. The minimum Gasteiger partial charge on any atom is -0.368 e. The predicted octanol–water partition coefficient (Wildman–Crippen LogP) is 2.59. The molecule has 3 aromatic rings. The van der Waals surface area contributed by atoms with Crippen LogP contribution in [0.1, 0.15) is 28.1 Å². The van der Waals surface area contributed by atoms with Gasteiger partial charge in [0, 0.05) is 6.54 Å². The van der Waals surface area contributed by atoms with E-state index in [1.54, 1.807) is 0 Å². The van der Waals surface area contributed by atoms with Crippen LogP contribution in [0.25, 0.3) is 11.0 Å². The molecule has 25 heavy (non-hydrogen) atoms. The summed E-state index contributed by atoms with van der Waals surface area (Å²) in [5, 5.41) is 0. The van der Waals surface area contributed by atoms with Gasteiger partial charge in [-0.1, -0.05) is 30.3 Å². The van der Waals surface area contributed by atoms with E-state index >= 15 is 0 Å². The van der Waals surface area contributed by atoms with Crippen molar-refractivity contribution in [3.8, 4) is 0 Å². The summed E-state index contributed by atoms with van der Waals surface area (Å²) in [7, 11) is 0. The molecule has 0 saturated heterocycles. The number of aryl methyl sites for hydroxylation is 2. The number of primary amides is 1. The Labute approximate surface area is 146 Å². The molecule has 1 aliphatic rings. The molecule has 2 heterocycles. The lowest BCUT2D eigenvalue weighted by atomic mass is 9.93. The van der Waals surface area contributed by atoms with Gasteiger partial charge < -0.3 is 10.7 Å². The Balaban J connectivity index is 1.67. The molecule has 3 N–H and O–H groups in total. The van der Waals surface area contributed by atoms with Crippen LogP contribution in [0, 0.1) is 13.8 Å². The maximum absolute atomic E-state index is 12.0. The van der Waals surface area contributed by atoms with E-state index in [1.807, 2.05) is 12.1 Å². The van der Waals surface area contributed by atoms with Gasteiger partial charge in [-0.2, -0.15) is 0 Å². The van der Waals surface area contributed by atoms with Crippen molar-refractivity contribution in [1.29, 1.82) is 0 Å². The third kappa shape index (κ3) is 2.81. The molecule has 1 amide bonds. The number of carbonyl (C=O) groups is 1. The SMILES string of the molecule is Cc1ccc2[nH]c(CN3Cc4ccccc4C[C@H]3C(N)=O)nc2c1C. The number of H-pyrrole nitrogens is 1. The highest BCUT2D eigenvalue weighted by Gasteiger charge is 2.30. The Morgan fingerprint density at radius 2 is 2.00 bits per heavy atom. The molecule has 1 aromatic heterocycles. The summed E-state index contributed by atoms with van der Waals surface area (Å²) in [6, 6.07) is 12.1. The van der Waals surface area contributed by atoms with E-state index in [-0.39, 0.29) is 11.9 Å². The standard InChI is InChI=1S/C20H22N4O/c1-12-7-8-16-19(13(12)2)23-18(22-16)11-24-10-15-6-4-3-5-14(15)9-17(24)20(21)25/h3-8,17H,9-11H2,1-2H3,(H2,21,25)(H,22,23)/t17-/m0/s1. The average molecular weight is 334 g/mol. The zero-order chi connectivity index (χ0) is 17.6. The maximum atomic E-state index is 12.0. The van der Waals surface area contributed by atoms with Gasteiger partial charge in [0.1, 0.15) is 5.82 Å². The van der Waals surface area contributed by atoms with E-state index in [2.05, 4.69) is 48.0 Å². The van der Waals surface area contributed by atoms with Gasteiger partial charge in [-0.3, -0.25) is 9.69 Å². The van der Waals surface area contributed by atoms with Gasteiger partial charge in [0.25, 0.3) is 0 Å². The summed E-state index contributed by atoms with van der Waals surface area (Å²) in [5.41, 5.74) is 12.6. The number of carbonyl (C=O) groups excluding carboxylic acids is 1. The van der Waals surface area contributed by atoms with Gasteiger partial charge in [-0.25, -0.2) is 4.98 Å². The highest BCUT2D eigenvalue weighted by Crippen LogP contribution is 2.26. The van der Waals surface area contributed by atoms with Crippen molar-refractivity contribution < 1.29 is 4.79 Å². The monoisotopic (exact) mass is 334 g/mol. The van der Waals surface area contributed by atoms with Crippen LogP contribution in [-0.2, 0) is 24.3 Å². The molecule has 5 heteroatoms. The highest BCUT2D eigenvalue weighted by molar-refractivity contribution is 5.81. The van der Waals surface area contributed by atoms with Crippen molar-refractivity contribution in [1.82, 2.24) is 14.9 Å². The molecule has 0 fully saturated rings.